The third-order valence-electron chi connectivity index (χ3n) is 2.70. The quantitative estimate of drug-likeness (QED) is 0.906. The molecule has 1 aliphatic heterocycles. The Kier molecular flexibility index (Phi) is 3.49. The number of anilines is 1. The van der Waals surface area contributed by atoms with Crippen molar-refractivity contribution in [1.29, 1.82) is 0 Å². The van der Waals surface area contributed by atoms with Crippen LogP contribution in [0.2, 0.25) is 5.02 Å². The van der Waals surface area contributed by atoms with Crippen molar-refractivity contribution < 1.29 is 0 Å². The van der Waals surface area contributed by atoms with Gasteiger partial charge in [0.1, 0.15) is 5.82 Å². The maximum Gasteiger partial charge on any atom is 0.147 e. The third kappa shape index (κ3) is 2.44. The zero-order chi connectivity index (χ0) is 10.8. The molecule has 1 aromatic heterocycles. The van der Waals surface area contributed by atoms with Gasteiger partial charge >= 0.3 is 0 Å². The minimum absolute atomic E-state index is 0.496. The van der Waals surface area contributed by atoms with Gasteiger partial charge in [0.05, 0.1) is 5.02 Å². The first-order valence-corrected chi connectivity index (χ1v) is 6.10. The number of rotatable bonds is 2. The lowest BCUT2D eigenvalue weighted by molar-refractivity contribution is 0.678. The summed E-state index contributed by atoms with van der Waals surface area (Å²) in [5, 5.41) is 4.03. The minimum Gasteiger partial charge on any atom is -0.354 e. The van der Waals surface area contributed by atoms with Crippen molar-refractivity contribution in [2.75, 3.05) is 25.0 Å². The van der Waals surface area contributed by atoms with E-state index in [4.69, 9.17) is 11.6 Å². The number of nitrogens with zero attached hydrogens (tertiary/aromatic N) is 2. The predicted molar refractivity (Wildman–Crippen MR) is 66.6 cm³/mol. The monoisotopic (exact) mass is 289 g/mol. The van der Waals surface area contributed by atoms with Crippen LogP contribution >= 0.6 is 27.5 Å². The highest BCUT2D eigenvalue weighted by atomic mass is 79.9. The summed E-state index contributed by atoms with van der Waals surface area (Å²) in [6.45, 7) is 2.08. The van der Waals surface area contributed by atoms with E-state index < -0.39 is 0 Å². The number of hydrogen-bond acceptors (Lipinski definition) is 3. The van der Waals surface area contributed by atoms with Gasteiger partial charge in [0, 0.05) is 30.3 Å². The van der Waals surface area contributed by atoms with E-state index in [0.29, 0.717) is 11.1 Å². The van der Waals surface area contributed by atoms with Gasteiger partial charge in [-0.3, -0.25) is 0 Å². The highest BCUT2D eigenvalue weighted by molar-refractivity contribution is 9.10. The highest BCUT2D eigenvalue weighted by Gasteiger charge is 2.21. The Labute approximate surface area is 103 Å². The predicted octanol–water partition coefficient (Wildman–Crippen LogP) is 2.30. The van der Waals surface area contributed by atoms with Crippen molar-refractivity contribution in [2.24, 2.45) is 0 Å². The van der Waals surface area contributed by atoms with Crippen LogP contribution in [0.4, 0.5) is 5.82 Å². The molecule has 0 bridgehead atoms. The number of hydrogen-bond donors (Lipinski definition) is 1. The van der Waals surface area contributed by atoms with E-state index in [1.54, 1.807) is 6.20 Å². The molecule has 2 rings (SSSR count). The van der Waals surface area contributed by atoms with Gasteiger partial charge in [0.15, 0.2) is 0 Å². The van der Waals surface area contributed by atoms with Crippen LogP contribution < -0.4 is 10.2 Å². The Bertz CT molecular complexity index is 353. The van der Waals surface area contributed by atoms with Crippen LogP contribution in [-0.2, 0) is 0 Å². The van der Waals surface area contributed by atoms with E-state index in [0.717, 1.165) is 29.8 Å². The van der Waals surface area contributed by atoms with Crippen LogP contribution in [0.5, 0.6) is 0 Å². The summed E-state index contributed by atoms with van der Waals surface area (Å²) >= 11 is 9.50. The zero-order valence-corrected chi connectivity index (χ0v) is 10.8. The molecule has 1 aromatic rings. The minimum atomic E-state index is 0.496. The van der Waals surface area contributed by atoms with E-state index in [9.17, 15) is 0 Å². The average molecular weight is 291 g/mol. The van der Waals surface area contributed by atoms with Gasteiger partial charge in [-0.05, 0) is 35.0 Å². The average Bonchev–Trinajstić information content (AvgIpc) is 2.69. The van der Waals surface area contributed by atoms with Crippen LogP contribution in [-0.4, -0.2) is 31.2 Å². The number of likely N-dealkylation sites (N-methyl/N-ethyl adjacent to an activating group) is 1. The molecule has 15 heavy (non-hydrogen) atoms. The molecule has 1 aliphatic rings. The fourth-order valence-electron chi connectivity index (χ4n) is 1.81. The highest BCUT2D eigenvalue weighted by Crippen LogP contribution is 2.27. The third-order valence-corrected chi connectivity index (χ3v) is 3.42. The van der Waals surface area contributed by atoms with E-state index in [1.807, 2.05) is 13.1 Å². The Hall–Kier alpha value is -0.320. The Morgan fingerprint density at radius 3 is 3.07 bits per heavy atom. The number of pyridine rings is 1. The molecule has 5 heteroatoms. The van der Waals surface area contributed by atoms with Crippen molar-refractivity contribution in [1.82, 2.24) is 10.3 Å². The van der Waals surface area contributed by atoms with E-state index in [-0.39, 0.29) is 0 Å². The van der Waals surface area contributed by atoms with E-state index >= 15 is 0 Å². The molecule has 0 amide bonds. The first kappa shape index (κ1) is 11.2. The summed E-state index contributed by atoms with van der Waals surface area (Å²) in [5.74, 6) is 0.855. The number of nitrogens with one attached hydrogen (secondary N) is 1. The fourth-order valence-corrected chi connectivity index (χ4v) is 2.57. The van der Waals surface area contributed by atoms with Gasteiger partial charge in [-0.15, -0.1) is 0 Å². The SMILES string of the molecule is CN(c1ncc(Br)cc1Cl)C1CCNC1. The summed E-state index contributed by atoms with van der Waals surface area (Å²) in [4.78, 5) is 6.49. The van der Waals surface area contributed by atoms with Crippen LogP contribution in [0.3, 0.4) is 0 Å². The molecule has 0 aromatic carbocycles. The molecule has 1 saturated heterocycles. The van der Waals surface area contributed by atoms with Gasteiger partial charge in [-0.2, -0.15) is 0 Å². The van der Waals surface area contributed by atoms with Crippen LogP contribution in [0.15, 0.2) is 16.7 Å². The summed E-state index contributed by atoms with van der Waals surface area (Å²) in [7, 11) is 2.04. The first-order chi connectivity index (χ1) is 7.18. The number of halogens is 2. The van der Waals surface area contributed by atoms with Crippen LogP contribution in [0.1, 0.15) is 6.42 Å². The molecule has 0 saturated carbocycles. The van der Waals surface area contributed by atoms with Crippen LogP contribution in [0.25, 0.3) is 0 Å². The molecule has 1 atom stereocenters. The summed E-state index contributed by atoms with van der Waals surface area (Å²) < 4.78 is 0.911. The molecule has 2 heterocycles. The molecule has 1 unspecified atom stereocenters. The van der Waals surface area contributed by atoms with Crippen molar-refractivity contribution in [3.05, 3.63) is 21.8 Å². The summed E-state index contributed by atoms with van der Waals surface area (Å²) in [6.07, 6.45) is 2.92. The fraction of sp³-hybridized carbons (Fsp3) is 0.500. The summed E-state index contributed by atoms with van der Waals surface area (Å²) in [5.41, 5.74) is 0. The molecular formula is C10H13BrClN3. The van der Waals surface area contributed by atoms with Gasteiger partial charge in [0.2, 0.25) is 0 Å². The van der Waals surface area contributed by atoms with Crippen molar-refractivity contribution in [3.63, 3.8) is 0 Å². The second kappa shape index (κ2) is 4.68. The summed E-state index contributed by atoms with van der Waals surface area (Å²) in [6, 6.07) is 2.37. The smallest absolute Gasteiger partial charge is 0.147 e. The van der Waals surface area contributed by atoms with Crippen LogP contribution in [0, 0.1) is 0 Å². The van der Waals surface area contributed by atoms with E-state index in [1.165, 1.54) is 0 Å². The van der Waals surface area contributed by atoms with Crippen molar-refractivity contribution in [3.8, 4) is 0 Å². The molecule has 1 N–H and O–H groups in total. The van der Waals surface area contributed by atoms with Gasteiger partial charge < -0.3 is 10.2 Å². The van der Waals surface area contributed by atoms with Gasteiger partial charge in [-0.25, -0.2) is 4.98 Å². The van der Waals surface area contributed by atoms with Crippen molar-refractivity contribution >= 4 is 33.3 Å². The molecule has 0 spiro atoms. The Balaban J connectivity index is 2.20. The largest absolute Gasteiger partial charge is 0.354 e. The lowest BCUT2D eigenvalue weighted by atomic mass is 10.2. The lowest BCUT2D eigenvalue weighted by Crippen LogP contribution is -2.34. The van der Waals surface area contributed by atoms with Crippen molar-refractivity contribution in [2.45, 2.75) is 12.5 Å². The van der Waals surface area contributed by atoms with E-state index in [2.05, 4.69) is 31.1 Å². The maximum absolute atomic E-state index is 6.15. The molecule has 1 fully saturated rings. The maximum atomic E-state index is 6.15. The Morgan fingerprint density at radius 2 is 2.47 bits per heavy atom. The topological polar surface area (TPSA) is 28.2 Å². The molecule has 0 aliphatic carbocycles. The standard InChI is InChI=1S/C10H13BrClN3/c1-15(8-2-3-13-6-8)10-9(12)4-7(11)5-14-10/h4-5,8,13H,2-3,6H2,1H3. The van der Waals surface area contributed by atoms with Gasteiger partial charge in [0.25, 0.3) is 0 Å². The second-order valence-corrected chi connectivity index (χ2v) is 5.04. The molecule has 0 radical (unpaired) electrons. The normalized spacial score (nSPS) is 20.6. The number of aromatic nitrogens is 1. The molecule has 82 valence electrons. The first-order valence-electron chi connectivity index (χ1n) is 4.93. The Morgan fingerprint density at radius 1 is 1.67 bits per heavy atom. The molecular weight excluding hydrogens is 277 g/mol. The second-order valence-electron chi connectivity index (χ2n) is 3.72. The zero-order valence-electron chi connectivity index (χ0n) is 8.50. The van der Waals surface area contributed by atoms with Gasteiger partial charge in [-0.1, -0.05) is 11.6 Å². The molecule has 3 nitrogen and oxygen atoms in total. The lowest BCUT2D eigenvalue weighted by Gasteiger charge is -2.25.